The second kappa shape index (κ2) is 10.4. The standard InChI is InChI=1S/C29H44N2O3/c1-19-12-16-31(17-13-19)28(34)20(2)23-10-14-29(4)15-11-24(21(3)26(29)27(23)33)30-25(32)18-22-8-6-5-7-9-22/h5-9,19-21,23-24,26-27,33H,10-18H2,1-4H3,(H,30,32)/t20-,21+,23+,24-,26+,27-,29-/m0/s1. The predicted molar refractivity (Wildman–Crippen MR) is 135 cm³/mol. The van der Waals surface area contributed by atoms with Crippen molar-refractivity contribution in [3.05, 3.63) is 35.9 Å². The molecule has 2 saturated carbocycles. The van der Waals surface area contributed by atoms with E-state index in [1.165, 1.54) is 0 Å². The van der Waals surface area contributed by atoms with E-state index in [-0.39, 0.29) is 46.9 Å². The Labute approximate surface area is 205 Å². The van der Waals surface area contributed by atoms with Crippen LogP contribution in [0.3, 0.4) is 0 Å². The number of nitrogens with zero attached hydrogens (tertiary/aromatic N) is 1. The number of aliphatic hydroxyl groups is 1. The van der Waals surface area contributed by atoms with Crippen molar-refractivity contribution in [3.63, 3.8) is 0 Å². The molecule has 2 aliphatic carbocycles. The zero-order valence-electron chi connectivity index (χ0n) is 21.5. The third-order valence-electron chi connectivity index (χ3n) is 9.57. The van der Waals surface area contributed by atoms with Gasteiger partial charge in [-0.2, -0.15) is 0 Å². The molecule has 5 nitrogen and oxygen atoms in total. The molecule has 34 heavy (non-hydrogen) atoms. The summed E-state index contributed by atoms with van der Waals surface area (Å²) >= 11 is 0. The Morgan fingerprint density at radius 1 is 1.09 bits per heavy atom. The number of hydrogen-bond acceptors (Lipinski definition) is 3. The van der Waals surface area contributed by atoms with E-state index in [1.807, 2.05) is 42.2 Å². The fraction of sp³-hybridized carbons (Fsp3) is 0.724. The number of amides is 2. The smallest absolute Gasteiger partial charge is 0.225 e. The summed E-state index contributed by atoms with van der Waals surface area (Å²) in [5, 5.41) is 14.9. The maximum absolute atomic E-state index is 13.3. The normalized spacial score (nSPS) is 35.3. The molecule has 0 aromatic heterocycles. The van der Waals surface area contributed by atoms with Crippen molar-refractivity contribution in [2.24, 2.45) is 35.0 Å². The summed E-state index contributed by atoms with van der Waals surface area (Å²) in [7, 11) is 0. The average Bonchev–Trinajstić information content (AvgIpc) is 2.81. The Kier molecular flexibility index (Phi) is 7.71. The first-order chi connectivity index (χ1) is 16.2. The predicted octanol–water partition coefficient (Wildman–Crippen LogP) is 4.43. The van der Waals surface area contributed by atoms with Crippen LogP contribution in [0.1, 0.15) is 71.8 Å². The Bertz CT molecular complexity index is 850. The molecule has 1 saturated heterocycles. The van der Waals surface area contributed by atoms with Crippen molar-refractivity contribution in [2.45, 2.75) is 84.8 Å². The summed E-state index contributed by atoms with van der Waals surface area (Å²) in [6, 6.07) is 9.92. The first-order valence-corrected chi connectivity index (χ1v) is 13.5. The molecule has 0 unspecified atom stereocenters. The van der Waals surface area contributed by atoms with Gasteiger partial charge in [0.25, 0.3) is 0 Å². The molecule has 5 heteroatoms. The molecule has 1 heterocycles. The number of fused-ring (bicyclic) bond motifs is 1. The van der Waals surface area contributed by atoms with Gasteiger partial charge in [0, 0.05) is 25.0 Å². The highest BCUT2D eigenvalue weighted by molar-refractivity contribution is 5.79. The second-order valence-electron chi connectivity index (χ2n) is 11.9. The lowest BCUT2D eigenvalue weighted by Crippen LogP contribution is -2.59. The monoisotopic (exact) mass is 468 g/mol. The van der Waals surface area contributed by atoms with Crippen molar-refractivity contribution < 1.29 is 14.7 Å². The number of aliphatic hydroxyl groups excluding tert-OH is 1. The highest BCUT2D eigenvalue weighted by Crippen LogP contribution is 2.55. The van der Waals surface area contributed by atoms with Gasteiger partial charge in [0.1, 0.15) is 0 Å². The van der Waals surface area contributed by atoms with Crippen LogP contribution in [0.4, 0.5) is 0 Å². The van der Waals surface area contributed by atoms with Crippen LogP contribution in [0.2, 0.25) is 0 Å². The number of nitrogens with one attached hydrogen (secondary N) is 1. The van der Waals surface area contributed by atoms with Crippen LogP contribution in [-0.4, -0.2) is 47.1 Å². The Morgan fingerprint density at radius 2 is 1.74 bits per heavy atom. The lowest BCUT2D eigenvalue weighted by molar-refractivity contribution is -0.152. The highest BCUT2D eigenvalue weighted by atomic mass is 16.3. The minimum atomic E-state index is -0.509. The summed E-state index contributed by atoms with van der Waals surface area (Å²) in [5.74, 6) is 1.07. The van der Waals surface area contributed by atoms with Crippen molar-refractivity contribution in [2.75, 3.05) is 13.1 Å². The molecule has 4 rings (SSSR count). The Balaban J connectivity index is 1.42. The zero-order valence-corrected chi connectivity index (χ0v) is 21.5. The lowest BCUT2D eigenvalue weighted by Gasteiger charge is -2.56. The molecule has 0 bridgehead atoms. The van der Waals surface area contributed by atoms with Crippen LogP contribution in [-0.2, 0) is 16.0 Å². The fourth-order valence-electron chi connectivity index (χ4n) is 7.24. The minimum absolute atomic E-state index is 0.00820. The van der Waals surface area contributed by atoms with Crippen molar-refractivity contribution in [3.8, 4) is 0 Å². The molecule has 2 N–H and O–H groups in total. The maximum atomic E-state index is 13.3. The first-order valence-electron chi connectivity index (χ1n) is 13.5. The van der Waals surface area contributed by atoms with Crippen LogP contribution < -0.4 is 5.32 Å². The molecule has 7 atom stereocenters. The third kappa shape index (κ3) is 5.19. The largest absolute Gasteiger partial charge is 0.392 e. The lowest BCUT2D eigenvalue weighted by atomic mass is 9.51. The summed E-state index contributed by atoms with van der Waals surface area (Å²) in [4.78, 5) is 28.1. The highest BCUT2D eigenvalue weighted by Gasteiger charge is 2.54. The molecule has 3 fully saturated rings. The van der Waals surface area contributed by atoms with E-state index in [9.17, 15) is 14.7 Å². The van der Waals surface area contributed by atoms with Gasteiger partial charge in [0.2, 0.25) is 11.8 Å². The van der Waals surface area contributed by atoms with Gasteiger partial charge in [-0.3, -0.25) is 9.59 Å². The van der Waals surface area contributed by atoms with E-state index in [0.29, 0.717) is 12.3 Å². The molecule has 3 aliphatic rings. The number of carbonyl (C=O) groups is 2. The molecule has 1 aromatic carbocycles. The SMILES string of the molecule is CC1CCN(C(=O)[C@@H](C)[C@H]2CC[C@@]3(C)CC[C@H](NC(=O)Cc4ccccc4)[C@@H](C)[C@@H]3[C@H]2O)CC1. The number of piperidine rings is 1. The number of rotatable bonds is 5. The second-order valence-corrected chi connectivity index (χ2v) is 11.9. The van der Waals surface area contributed by atoms with E-state index in [2.05, 4.69) is 26.1 Å². The van der Waals surface area contributed by atoms with Crippen LogP contribution in [0.15, 0.2) is 30.3 Å². The minimum Gasteiger partial charge on any atom is -0.392 e. The van der Waals surface area contributed by atoms with Gasteiger partial charge in [-0.05, 0) is 73.2 Å². The molecule has 0 spiro atoms. The number of benzene rings is 1. The Morgan fingerprint density at radius 3 is 2.41 bits per heavy atom. The first kappa shape index (κ1) is 25.2. The van der Waals surface area contributed by atoms with Crippen molar-refractivity contribution in [1.82, 2.24) is 10.2 Å². The van der Waals surface area contributed by atoms with E-state index < -0.39 is 6.10 Å². The molecular formula is C29H44N2O3. The average molecular weight is 469 g/mol. The van der Waals surface area contributed by atoms with Crippen molar-refractivity contribution in [1.29, 1.82) is 0 Å². The van der Waals surface area contributed by atoms with Gasteiger partial charge in [-0.25, -0.2) is 0 Å². The van der Waals surface area contributed by atoms with Crippen molar-refractivity contribution >= 4 is 11.8 Å². The van der Waals surface area contributed by atoms with Gasteiger partial charge in [0.15, 0.2) is 0 Å². The molecule has 0 radical (unpaired) electrons. The van der Waals surface area contributed by atoms with Crippen LogP contribution in [0.25, 0.3) is 0 Å². The van der Waals surface area contributed by atoms with Crippen LogP contribution in [0, 0.1) is 35.0 Å². The third-order valence-corrected chi connectivity index (χ3v) is 9.57. The van der Waals surface area contributed by atoms with E-state index in [0.717, 1.165) is 57.2 Å². The van der Waals surface area contributed by atoms with Gasteiger partial charge < -0.3 is 15.3 Å². The molecule has 1 aromatic rings. The summed E-state index contributed by atoms with van der Waals surface area (Å²) in [5.41, 5.74) is 1.09. The summed E-state index contributed by atoms with van der Waals surface area (Å²) < 4.78 is 0. The fourth-order valence-corrected chi connectivity index (χ4v) is 7.24. The summed E-state index contributed by atoms with van der Waals surface area (Å²) in [6.07, 6.45) is 5.94. The quantitative estimate of drug-likeness (QED) is 0.672. The van der Waals surface area contributed by atoms with Gasteiger partial charge in [-0.1, -0.05) is 58.0 Å². The van der Waals surface area contributed by atoms with E-state index >= 15 is 0 Å². The van der Waals surface area contributed by atoms with Crippen LogP contribution >= 0.6 is 0 Å². The molecule has 2 amide bonds. The number of likely N-dealkylation sites (tertiary alicyclic amines) is 1. The maximum Gasteiger partial charge on any atom is 0.225 e. The van der Waals surface area contributed by atoms with Gasteiger partial charge in [-0.15, -0.1) is 0 Å². The number of hydrogen-bond donors (Lipinski definition) is 2. The molecule has 188 valence electrons. The number of carbonyl (C=O) groups excluding carboxylic acids is 2. The van der Waals surface area contributed by atoms with E-state index in [1.54, 1.807) is 0 Å². The van der Waals surface area contributed by atoms with E-state index in [4.69, 9.17) is 0 Å². The molecule has 1 aliphatic heterocycles. The topological polar surface area (TPSA) is 69.6 Å². The molecular weight excluding hydrogens is 424 g/mol. The zero-order chi connectivity index (χ0) is 24.5. The van der Waals surface area contributed by atoms with Crippen LogP contribution in [0.5, 0.6) is 0 Å². The van der Waals surface area contributed by atoms with Gasteiger partial charge in [0.05, 0.1) is 12.5 Å². The summed E-state index contributed by atoms with van der Waals surface area (Å²) in [6.45, 7) is 10.5. The van der Waals surface area contributed by atoms with Gasteiger partial charge >= 0.3 is 0 Å². The Hall–Kier alpha value is -1.88.